The molecule has 0 amide bonds. The lowest BCUT2D eigenvalue weighted by molar-refractivity contribution is 0.146. The van der Waals surface area contributed by atoms with Crippen LogP contribution in [-0.2, 0) is 11.3 Å². The zero-order valence-electron chi connectivity index (χ0n) is 11.7. The van der Waals surface area contributed by atoms with Gasteiger partial charge in [0.2, 0.25) is 0 Å². The first-order valence-electron chi connectivity index (χ1n) is 6.59. The summed E-state index contributed by atoms with van der Waals surface area (Å²) in [6.45, 7) is 1.16. The predicted molar refractivity (Wildman–Crippen MR) is 77.5 cm³/mol. The maximum absolute atomic E-state index is 13.5. The lowest BCUT2D eigenvalue weighted by atomic mass is 10.2. The topological polar surface area (TPSA) is 30.5 Å². The van der Waals surface area contributed by atoms with E-state index in [1.807, 2.05) is 18.2 Å². The Morgan fingerprint density at radius 2 is 1.86 bits per heavy atom. The quantitative estimate of drug-likeness (QED) is 0.791. The lowest BCUT2D eigenvalue weighted by Gasteiger charge is -2.10. The fourth-order valence-corrected chi connectivity index (χ4v) is 1.82. The first-order valence-corrected chi connectivity index (χ1v) is 6.59. The summed E-state index contributed by atoms with van der Waals surface area (Å²) in [5.41, 5.74) is 1.05. The summed E-state index contributed by atoms with van der Waals surface area (Å²) in [5.74, 6) is -0.972. The van der Waals surface area contributed by atoms with Crippen LogP contribution in [0.15, 0.2) is 42.5 Å². The molecular weight excluding hydrogens is 276 g/mol. The molecule has 0 aromatic heterocycles. The summed E-state index contributed by atoms with van der Waals surface area (Å²) in [6, 6.07) is 11.4. The Bertz CT molecular complexity index is 590. The van der Waals surface area contributed by atoms with Crippen molar-refractivity contribution in [1.29, 1.82) is 0 Å². The van der Waals surface area contributed by atoms with Gasteiger partial charge in [-0.05, 0) is 18.2 Å². The maximum Gasteiger partial charge on any atom is 0.163 e. The number of anilines is 1. The molecule has 0 fully saturated rings. The van der Waals surface area contributed by atoms with Gasteiger partial charge in [0, 0.05) is 31.0 Å². The molecule has 0 atom stereocenters. The Morgan fingerprint density at radius 1 is 1.05 bits per heavy atom. The molecule has 0 spiro atoms. The van der Waals surface area contributed by atoms with E-state index in [4.69, 9.17) is 9.47 Å². The minimum absolute atomic E-state index is 0.200. The normalized spacial score (nSPS) is 10.4. The fourth-order valence-electron chi connectivity index (χ4n) is 1.82. The molecule has 0 saturated heterocycles. The minimum Gasteiger partial charge on any atom is -0.491 e. The van der Waals surface area contributed by atoms with Crippen LogP contribution in [0.5, 0.6) is 5.75 Å². The van der Waals surface area contributed by atoms with Crippen molar-refractivity contribution in [3.63, 3.8) is 0 Å². The number of hydrogen-bond acceptors (Lipinski definition) is 3. The number of hydrogen-bond donors (Lipinski definition) is 1. The number of methoxy groups -OCH3 is 1. The van der Waals surface area contributed by atoms with Crippen LogP contribution >= 0.6 is 0 Å². The summed E-state index contributed by atoms with van der Waals surface area (Å²) in [5, 5.41) is 3.04. The van der Waals surface area contributed by atoms with Crippen LogP contribution in [0, 0.1) is 11.6 Å². The van der Waals surface area contributed by atoms with Crippen LogP contribution in [-0.4, -0.2) is 20.3 Å². The Morgan fingerprint density at radius 3 is 2.67 bits per heavy atom. The van der Waals surface area contributed by atoms with Gasteiger partial charge in [-0.3, -0.25) is 0 Å². The van der Waals surface area contributed by atoms with E-state index < -0.39 is 11.6 Å². The van der Waals surface area contributed by atoms with Crippen molar-refractivity contribution in [2.45, 2.75) is 6.54 Å². The van der Waals surface area contributed by atoms with Gasteiger partial charge in [0.1, 0.15) is 12.4 Å². The zero-order chi connectivity index (χ0) is 15.1. The van der Waals surface area contributed by atoms with Crippen molar-refractivity contribution in [2.24, 2.45) is 0 Å². The number of ether oxygens (including phenoxy) is 2. The van der Waals surface area contributed by atoms with E-state index in [9.17, 15) is 8.78 Å². The number of benzene rings is 2. The highest BCUT2D eigenvalue weighted by Gasteiger charge is 2.07. The summed E-state index contributed by atoms with van der Waals surface area (Å²) in [7, 11) is 1.61. The van der Waals surface area contributed by atoms with Crippen LogP contribution in [0.4, 0.5) is 14.5 Å². The second kappa shape index (κ2) is 7.59. The van der Waals surface area contributed by atoms with Crippen molar-refractivity contribution >= 4 is 5.69 Å². The third kappa shape index (κ3) is 4.43. The van der Waals surface area contributed by atoms with Gasteiger partial charge in [0.15, 0.2) is 11.6 Å². The summed E-state index contributed by atoms with van der Waals surface area (Å²) >= 11 is 0. The molecule has 21 heavy (non-hydrogen) atoms. The Labute approximate surface area is 122 Å². The van der Waals surface area contributed by atoms with E-state index in [2.05, 4.69) is 5.32 Å². The molecule has 0 aliphatic rings. The summed E-state index contributed by atoms with van der Waals surface area (Å²) < 4.78 is 37.0. The second-order valence-corrected chi connectivity index (χ2v) is 4.44. The highest BCUT2D eigenvalue weighted by atomic mass is 19.2. The SMILES string of the molecule is COCCOc1cccc(NCc2cccc(F)c2F)c1. The van der Waals surface area contributed by atoms with Gasteiger partial charge < -0.3 is 14.8 Å². The molecule has 0 bridgehead atoms. The summed E-state index contributed by atoms with van der Waals surface area (Å²) in [6.07, 6.45) is 0. The average Bonchev–Trinajstić information content (AvgIpc) is 2.50. The lowest BCUT2D eigenvalue weighted by Crippen LogP contribution is -2.05. The monoisotopic (exact) mass is 293 g/mol. The van der Waals surface area contributed by atoms with Gasteiger partial charge in [-0.15, -0.1) is 0 Å². The van der Waals surface area contributed by atoms with Crippen LogP contribution < -0.4 is 10.1 Å². The molecule has 112 valence electrons. The average molecular weight is 293 g/mol. The van der Waals surface area contributed by atoms with Gasteiger partial charge in [-0.25, -0.2) is 8.78 Å². The molecule has 1 N–H and O–H groups in total. The summed E-state index contributed by atoms with van der Waals surface area (Å²) in [4.78, 5) is 0. The van der Waals surface area contributed by atoms with Crippen LogP contribution in [0.3, 0.4) is 0 Å². The minimum atomic E-state index is -0.842. The molecule has 0 saturated carbocycles. The van der Waals surface area contributed by atoms with E-state index >= 15 is 0 Å². The zero-order valence-corrected chi connectivity index (χ0v) is 11.7. The van der Waals surface area contributed by atoms with E-state index in [1.54, 1.807) is 19.2 Å². The van der Waals surface area contributed by atoms with E-state index in [0.717, 1.165) is 11.8 Å². The molecule has 2 aromatic rings. The van der Waals surface area contributed by atoms with Crippen molar-refractivity contribution in [2.75, 3.05) is 25.6 Å². The Kier molecular flexibility index (Phi) is 5.51. The molecule has 0 aliphatic heterocycles. The highest BCUT2D eigenvalue weighted by Crippen LogP contribution is 2.19. The largest absolute Gasteiger partial charge is 0.491 e. The molecule has 5 heteroatoms. The number of halogens is 2. The Hall–Kier alpha value is -2.14. The maximum atomic E-state index is 13.5. The van der Waals surface area contributed by atoms with Gasteiger partial charge in [0.05, 0.1) is 6.61 Å². The molecule has 3 nitrogen and oxygen atoms in total. The van der Waals surface area contributed by atoms with Crippen LogP contribution in [0.2, 0.25) is 0 Å². The van der Waals surface area contributed by atoms with E-state index in [-0.39, 0.29) is 12.1 Å². The van der Waals surface area contributed by atoms with Gasteiger partial charge >= 0.3 is 0 Å². The van der Waals surface area contributed by atoms with Crippen LogP contribution in [0.1, 0.15) is 5.56 Å². The van der Waals surface area contributed by atoms with Gasteiger partial charge in [0.25, 0.3) is 0 Å². The Balaban J connectivity index is 1.96. The molecule has 0 heterocycles. The number of rotatable bonds is 7. The fraction of sp³-hybridized carbons (Fsp3) is 0.250. The predicted octanol–water partition coefficient (Wildman–Crippen LogP) is 3.60. The van der Waals surface area contributed by atoms with Crippen molar-refractivity contribution in [3.8, 4) is 5.75 Å². The third-order valence-electron chi connectivity index (χ3n) is 2.90. The van der Waals surface area contributed by atoms with Gasteiger partial charge in [-0.1, -0.05) is 18.2 Å². The molecule has 2 aromatic carbocycles. The molecule has 0 unspecified atom stereocenters. The smallest absolute Gasteiger partial charge is 0.163 e. The number of nitrogens with one attached hydrogen (secondary N) is 1. The molecule has 0 aliphatic carbocycles. The standard InChI is InChI=1S/C16H17F2NO2/c1-20-8-9-21-14-6-3-5-13(10-14)19-11-12-4-2-7-15(17)16(12)18/h2-7,10,19H,8-9,11H2,1H3. The third-order valence-corrected chi connectivity index (χ3v) is 2.90. The first-order chi connectivity index (χ1) is 10.2. The van der Waals surface area contributed by atoms with E-state index in [0.29, 0.717) is 19.0 Å². The molecule has 0 radical (unpaired) electrons. The second-order valence-electron chi connectivity index (χ2n) is 4.44. The van der Waals surface area contributed by atoms with Crippen molar-refractivity contribution in [1.82, 2.24) is 0 Å². The van der Waals surface area contributed by atoms with Gasteiger partial charge in [-0.2, -0.15) is 0 Å². The highest BCUT2D eigenvalue weighted by molar-refractivity contribution is 5.48. The van der Waals surface area contributed by atoms with Crippen LogP contribution in [0.25, 0.3) is 0 Å². The van der Waals surface area contributed by atoms with Crippen molar-refractivity contribution in [3.05, 3.63) is 59.7 Å². The molecule has 2 rings (SSSR count). The van der Waals surface area contributed by atoms with E-state index in [1.165, 1.54) is 6.07 Å². The molecular formula is C16H17F2NO2. The first kappa shape index (κ1) is 15.3. The van der Waals surface area contributed by atoms with Crippen molar-refractivity contribution < 1.29 is 18.3 Å².